The molecule has 0 atom stereocenters. The van der Waals surface area contributed by atoms with E-state index in [9.17, 15) is 0 Å². The summed E-state index contributed by atoms with van der Waals surface area (Å²) in [5.41, 5.74) is 28.0. The van der Waals surface area contributed by atoms with Gasteiger partial charge in [0.25, 0.3) is 6.71 Å². The number of anilines is 6. The molecule has 0 spiro atoms. The second-order valence-corrected chi connectivity index (χ2v) is 24.5. The molecule has 2 aliphatic carbocycles. The zero-order chi connectivity index (χ0) is 57.6. The van der Waals surface area contributed by atoms with Crippen molar-refractivity contribution in [3.8, 4) is 78.4 Å². The molecule has 0 amide bonds. The monoisotopic (exact) mass is 1120 g/mol. The van der Waals surface area contributed by atoms with Crippen molar-refractivity contribution in [1.29, 1.82) is 0 Å². The van der Waals surface area contributed by atoms with Crippen molar-refractivity contribution >= 4 is 57.2 Å². The minimum atomic E-state index is -0.0816. The number of nitrogens with zero attached hydrogens (tertiary/aromatic N) is 4. The van der Waals surface area contributed by atoms with E-state index < -0.39 is 0 Å². The van der Waals surface area contributed by atoms with Crippen LogP contribution in [0.1, 0.15) is 87.2 Å². The molecule has 12 aromatic rings. The lowest BCUT2D eigenvalue weighted by Gasteiger charge is -2.45. The van der Waals surface area contributed by atoms with Gasteiger partial charge in [0, 0.05) is 50.8 Å². The molecule has 87 heavy (non-hydrogen) atoms. The smallest absolute Gasteiger partial charge is 0.252 e. The summed E-state index contributed by atoms with van der Waals surface area (Å²) >= 11 is 0. The molecule has 418 valence electrons. The predicted molar refractivity (Wildman–Crippen MR) is 366 cm³/mol. The molecule has 2 saturated carbocycles. The normalized spacial score (nSPS) is 14.7. The van der Waals surface area contributed by atoms with Gasteiger partial charge in [0.2, 0.25) is 0 Å². The summed E-state index contributed by atoms with van der Waals surface area (Å²) in [5.74, 6) is 1.71. The van der Waals surface area contributed by atoms with Crippen molar-refractivity contribution in [3.05, 3.63) is 284 Å². The maximum Gasteiger partial charge on any atom is 0.252 e. The second kappa shape index (κ2) is 22.9. The first-order valence-electron chi connectivity index (χ1n) is 31.7. The van der Waals surface area contributed by atoms with Crippen LogP contribution >= 0.6 is 0 Å². The third kappa shape index (κ3) is 10.1. The topological polar surface area (TPSA) is 32.3 Å². The van der Waals surface area contributed by atoms with Gasteiger partial charge in [-0.25, -0.2) is 9.97 Å². The first-order chi connectivity index (χ1) is 43.1. The van der Waals surface area contributed by atoms with Crippen LogP contribution in [0.15, 0.2) is 273 Å². The average Bonchev–Trinajstić information content (AvgIpc) is 0.729. The third-order valence-electron chi connectivity index (χ3n) is 19.2. The molecule has 0 saturated heterocycles. The van der Waals surface area contributed by atoms with Gasteiger partial charge in [-0.2, -0.15) is 0 Å². The minimum absolute atomic E-state index is 0.0816. The number of hydrogen-bond acceptors (Lipinski definition) is 4. The maximum atomic E-state index is 5.64. The van der Waals surface area contributed by atoms with Crippen LogP contribution in [0.3, 0.4) is 0 Å². The first kappa shape index (κ1) is 52.7. The van der Waals surface area contributed by atoms with E-state index in [4.69, 9.17) is 9.97 Å². The molecule has 0 bridgehead atoms. The fraction of sp³-hybridized carbons (Fsp3) is 0.146. The van der Waals surface area contributed by atoms with Gasteiger partial charge in [0.1, 0.15) is 0 Å². The van der Waals surface area contributed by atoms with Crippen LogP contribution in [0.5, 0.6) is 0 Å². The van der Waals surface area contributed by atoms with Crippen LogP contribution in [0.2, 0.25) is 0 Å². The summed E-state index contributed by atoms with van der Waals surface area (Å²) < 4.78 is 0. The van der Waals surface area contributed by atoms with E-state index in [0.29, 0.717) is 17.7 Å². The van der Waals surface area contributed by atoms with Crippen LogP contribution in [-0.2, 0) is 0 Å². The van der Waals surface area contributed by atoms with E-state index in [1.807, 2.05) is 0 Å². The molecule has 4 nitrogen and oxygen atoms in total. The molecular formula is C82H67BN4. The van der Waals surface area contributed by atoms with Crippen LogP contribution in [0.4, 0.5) is 34.1 Å². The molecule has 5 heteroatoms. The third-order valence-corrected chi connectivity index (χ3v) is 19.2. The van der Waals surface area contributed by atoms with Crippen molar-refractivity contribution in [1.82, 2.24) is 9.97 Å². The lowest BCUT2D eigenvalue weighted by molar-refractivity contribution is 0.444. The van der Waals surface area contributed by atoms with Crippen LogP contribution in [0, 0.1) is 0 Å². The number of rotatable bonds is 11. The summed E-state index contributed by atoms with van der Waals surface area (Å²) in [6.07, 6.45) is 12.6. The lowest BCUT2D eigenvalue weighted by atomic mass is 9.33. The Morgan fingerprint density at radius 1 is 0.276 bits per heavy atom. The molecule has 0 radical (unpaired) electrons. The van der Waals surface area contributed by atoms with Gasteiger partial charge in [-0.15, -0.1) is 0 Å². The molecule has 4 aliphatic rings. The van der Waals surface area contributed by atoms with E-state index in [0.717, 1.165) is 50.8 Å². The Labute approximate surface area is 512 Å². The van der Waals surface area contributed by atoms with Gasteiger partial charge in [-0.05, 0) is 176 Å². The number of aromatic nitrogens is 2. The molecule has 11 aromatic carbocycles. The zero-order valence-corrected chi connectivity index (χ0v) is 49.1. The second-order valence-electron chi connectivity index (χ2n) is 24.5. The van der Waals surface area contributed by atoms with E-state index >= 15 is 0 Å². The predicted octanol–water partition coefficient (Wildman–Crippen LogP) is 20.3. The molecule has 0 N–H and O–H groups in total. The molecule has 3 heterocycles. The van der Waals surface area contributed by atoms with Gasteiger partial charge < -0.3 is 9.80 Å². The van der Waals surface area contributed by atoms with Gasteiger partial charge >= 0.3 is 0 Å². The Balaban J connectivity index is 1.04. The molecule has 2 fully saturated rings. The first-order valence-corrected chi connectivity index (χ1v) is 31.7. The number of hydrogen-bond donors (Lipinski definition) is 0. The average molecular weight is 1120 g/mol. The highest BCUT2D eigenvalue weighted by Crippen LogP contribution is 2.50. The standard InChI is InChI=1S/C82H67BN4/c1-9-25-56(26-10-1)64-41-43-77-73(51-64)83-74-52-65(57-27-11-2-12-28-57)42-44-78(74)87(72-49-68(60-33-17-5-18-34-60)46-69(50-72)61-35-19-6-20-36-61)80-54-70(82-84-75(62-37-21-7-22-38-62)55-76(85-82)63-39-23-8-24-40-63)53-79(81(80)83)86(77)71-47-66(58-29-13-3-14-30-58)45-67(48-71)59-31-15-4-16-32-59/h3-8,13-24,29-57H,1-2,9-12,25-28H2. The van der Waals surface area contributed by atoms with E-state index in [1.165, 1.54) is 148 Å². The molecular weight excluding hydrogens is 1050 g/mol. The fourth-order valence-electron chi connectivity index (χ4n) is 14.9. The summed E-state index contributed by atoms with van der Waals surface area (Å²) in [4.78, 5) is 16.5. The Morgan fingerprint density at radius 2 is 0.609 bits per heavy atom. The van der Waals surface area contributed by atoms with Crippen LogP contribution < -0.4 is 26.2 Å². The van der Waals surface area contributed by atoms with Gasteiger partial charge in [0.05, 0.1) is 11.4 Å². The van der Waals surface area contributed by atoms with Crippen LogP contribution in [-0.4, -0.2) is 16.7 Å². The van der Waals surface area contributed by atoms with E-state index in [2.05, 4.69) is 283 Å². The number of benzene rings is 11. The molecule has 1 aromatic heterocycles. The minimum Gasteiger partial charge on any atom is -0.311 e. The Bertz CT molecular complexity index is 4070. The Morgan fingerprint density at radius 3 is 0.954 bits per heavy atom. The molecule has 0 unspecified atom stereocenters. The highest BCUT2D eigenvalue weighted by molar-refractivity contribution is 7.00. The maximum absolute atomic E-state index is 5.64. The van der Waals surface area contributed by atoms with Gasteiger partial charge in [0.15, 0.2) is 5.82 Å². The van der Waals surface area contributed by atoms with Gasteiger partial charge in [-0.3, -0.25) is 0 Å². The fourth-order valence-corrected chi connectivity index (χ4v) is 14.9. The highest BCUT2D eigenvalue weighted by atomic mass is 15.2. The highest BCUT2D eigenvalue weighted by Gasteiger charge is 2.45. The van der Waals surface area contributed by atoms with E-state index in [-0.39, 0.29) is 6.71 Å². The van der Waals surface area contributed by atoms with Crippen LogP contribution in [0.25, 0.3) is 78.4 Å². The lowest BCUT2D eigenvalue weighted by Crippen LogP contribution is -2.61. The summed E-state index contributed by atoms with van der Waals surface area (Å²) in [5, 5.41) is 0. The van der Waals surface area contributed by atoms with Crippen molar-refractivity contribution in [2.24, 2.45) is 0 Å². The Hall–Kier alpha value is -9.84. The molecule has 16 rings (SSSR count). The summed E-state index contributed by atoms with van der Waals surface area (Å²) in [6.45, 7) is -0.0816. The van der Waals surface area contributed by atoms with Gasteiger partial charge in [-0.1, -0.05) is 245 Å². The number of fused-ring (bicyclic) bond motifs is 4. The Kier molecular flexibility index (Phi) is 13.9. The zero-order valence-electron chi connectivity index (χ0n) is 49.1. The largest absolute Gasteiger partial charge is 0.311 e. The SMILES string of the molecule is c1ccc(-c2cc(-c3ccccc3)cc(N3c4ccc(C5CCCCC5)cc4B4c5cc(C6CCCCC6)ccc5N(c5cc(-c6ccccc6)cc(-c6ccccc6)c5)c5cc(-c6nc(-c7ccccc7)cc(-c7ccccc7)n6)cc3c54)c2)cc1. The quantitative estimate of drug-likeness (QED) is 0.121. The summed E-state index contributed by atoms with van der Waals surface area (Å²) in [7, 11) is 0. The van der Waals surface area contributed by atoms with Crippen molar-refractivity contribution in [2.75, 3.05) is 9.80 Å². The van der Waals surface area contributed by atoms with Crippen molar-refractivity contribution < 1.29 is 0 Å². The molecule has 2 aliphatic heterocycles. The van der Waals surface area contributed by atoms with Crippen molar-refractivity contribution in [3.63, 3.8) is 0 Å². The van der Waals surface area contributed by atoms with Crippen molar-refractivity contribution in [2.45, 2.75) is 76.0 Å². The van der Waals surface area contributed by atoms with E-state index in [1.54, 1.807) is 0 Å². The summed E-state index contributed by atoms with van der Waals surface area (Å²) in [6, 6.07) is 102.